The molecule has 2 nitrogen and oxygen atoms in total. The first kappa shape index (κ1) is 19.6. The average Bonchev–Trinajstić information content (AvgIpc) is 3.03. The third kappa shape index (κ3) is 3.00. The lowest BCUT2D eigenvalue weighted by Gasteiger charge is -2.63. The van der Waals surface area contributed by atoms with Crippen LogP contribution in [0.4, 0.5) is 0 Å². The van der Waals surface area contributed by atoms with E-state index in [9.17, 15) is 4.79 Å². The molecule has 0 radical (unpaired) electrons. The molecule has 4 fully saturated rings. The van der Waals surface area contributed by atoms with E-state index in [0.717, 1.165) is 42.4 Å². The molecule has 1 unspecified atom stereocenters. The molecule has 3 saturated carbocycles. The summed E-state index contributed by atoms with van der Waals surface area (Å²) in [6.45, 7) is 7.68. The van der Waals surface area contributed by atoms with Crippen molar-refractivity contribution in [1.29, 1.82) is 0 Å². The van der Waals surface area contributed by atoms with Crippen LogP contribution in [0.3, 0.4) is 0 Å². The Balaban J connectivity index is 1.41. The van der Waals surface area contributed by atoms with Crippen molar-refractivity contribution in [1.82, 2.24) is 4.90 Å². The highest BCUT2D eigenvalue weighted by atomic mass is 16.2. The number of benzene rings is 1. The molecule has 5 rings (SSSR count). The number of carbonyl (C=O) groups excluding carboxylic acids is 1. The summed E-state index contributed by atoms with van der Waals surface area (Å²) in [4.78, 5) is 14.6. The minimum absolute atomic E-state index is 0.332. The Morgan fingerprint density at radius 2 is 1.83 bits per heavy atom. The maximum atomic E-state index is 12.4. The molecular formula is C27H39NO. The van der Waals surface area contributed by atoms with Crippen LogP contribution in [-0.2, 0) is 11.2 Å². The van der Waals surface area contributed by atoms with E-state index in [0.29, 0.717) is 22.8 Å². The molecule has 1 aliphatic heterocycles. The van der Waals surface area contributed by atoms with Gasteiger partial charge in [-0.15, -0.1) is 0 Å². The summed E-state index contributed by atoms with van der Waals surface area (Å²) in [6.07, 6.45) is 9.98. The minimum Gasteiger partial charge on any atom is -0.342 e. The first-order chi connectivity index (χ1) is 13.8. The Bertz CT molecular complexity index is 774. The van der Waals surface area contributed by atoms with Gasteiger partial charge in [-0.2, -0.15) is 0 Å². The van der Waals surface area contributed by atoms with Crippen molar-refractivity contribution in [2.24, 2.45) is 40.4 Å². The van der Waals surface area contributed by atoms with Crippen LogP contribution >= 0.6 is 0 Å². The Kier molecular flexibility index (Phi) is 4.64. The molecule has 4 aliphatic rings. The normalized spacial score (nSPS) is 46.8. The SMILES string of the molecule is C[C@H]1C[C@H]2N(C)C(=O)CC[C@]2(C)[C@H]2CC[C@]3(C)C[C@@H](Cc4ccccc4)C[C@H]3C12. The van der Waals surface area contributed by atoms with Crippen molar-refractivity contribution in [3.8, 4) is 0 Å². The molecule has 0 aromatic heterocycles. The largest absolute Gasteiger partial charge is 0.342 e. The lowest BCUT2D eigenvalue weighted by Crippen LogP contribution is -2.62. The van der Waals surface area contributed by atoms with E-state index in [4.69, 9.17) is 0 Å². The molecule has 0 bridgehead atoms. The van der Waals surface area contributed by atoms with Crippen molar-refractivity contribution in [3.63, 3.8) is 0 Å². The number of likely N-dealkylation sites (tertiary alicyclic amines) is 1. The van der Waals surface area contributed by atoms with Gasteiger partial charge in [0.1, 0.15) is 0 Å². The van der Waals surface area contributed by atoms with E-state index in [1.54, 1.807) is 0 Å². The number of piperidine rings is 1. The molecule has 158 valence electrons. The highest BCUT2D eigenvalue weighted by Gasteiger charge is 2.61. The summed E-state index contributed by atoms with van der Waals surface area (Å²) < 4.78 is 0. The van der Waals surface area contributed by atoms with Crippen LogP contribution < -0.4 is 0 Å². The quantitative estimate of drug-likeness (QED) is 0.607. The third-order valence-corrected chi connectivity index (χ3v) is 10.2. The highest BCUT2D eigenvalue weighted by molar-refractivity contribution is 5.77. The summed E-state index contributed by atoms with van der Waals surface area (Å²) in [5.41, 5.74) is 2.39. The topological polar surface area (TPSA) is 20.3 Å². The fraction of sp³-hybridized carbons (Fsp3) is 0.741. The molecule has 1 saturated heterocycles. The fourth-order valence-electron chi connectivity index (χ4n) is 8.78. The molecule has 1 aromatic rings. The minimum atomic E-state index is 0.332. The number of carbonyl (C=O) groups is 1. The maximum absolute atomic E-state index is 12.4. The zero-order chi connectivity index (χ0) is 20.4. The standard InChI is InChI=1S/C27H39NO/c1-18-14-23-27(3,13-11-24(29)28(23)4)21-10-12-26(2)17-20(16-22(26)25(18)21)15-19-8-6-5-7-9-19/h5-9,18,20-23,25H,10-17H2,1-4H3/t18-,20-,21-,22-,23+,25?,26+,27+/m0/s1. The molecule has 0 spiro atoms. The van der Waals surface area contributed by atoms with Gasteiger partial charge in [-0.3, -0.25) is 4.79 Å². The van der Waals surface area contributed by atoms with Gasteiger partial charge in [0.25, 0.3) is 0 Å². The van der Waals surface area contributed by atoms with Crippen LogP contribution in [-0.4, -0.2) is 23.9 Å². The molecule has 3 aliphatic carbocycles. The number of fused-ring (bicyclic) bond motifs is 5. The number of hydrogen-bond donors (Lipinski definition) is 0. The molecule has 2 heteroatoms. The summed E-state index contributed by atoms with van der Waals surface area (Å²) in [5.74, 6) is 4.51. The van der Waals surface area contributed by atoms with Gasteiger partial charge in [-0.25, -0.2) is 0 Å². The van der Waals surface area contributed by atoms with Gasteiger partial charge in [0.15, 0.2) is 0 Å². The van der Waals surface area contributed by atoms with Gasteiger partial charge in [0, 0.05) is 19.5 Å². The zero-order valence-electron chi connectivity index (χ0n) is 18.9. The maximum Gasteiger partial charge on any atom is 0.222 e. The second-order valence-corrected chi connectivity index (χ2v) is 11.7. The predicted octanol–water partition coefficient (Wildman–Crippen LogP) is 5.95. The first-order valence-corrected chi connectivity index (χ1v) is 12.1. The van der Waals surface area contributed by atoms with Gasteiger partial charge in [0.2, 0.25) is 5.91 Å². The van der Waals surface area contributed by atoms with E-state index < -0.39 is 0 Å². The van der Waals surface area contributed by atoms with Crippen molar-refractivity contribution in [2.75, 3.05) is 7.05 Å². The number of amides is 1. The molecule has 1 heterocycles. The Morgan fingerprint density at radius 3 is 2.59 bits per heavy atom. The van der Waals surface area contributed by atoms with Gasteiger partial charge in [0.05, 0.1) is 0 Å². The average molecular weight is 394 g/mol. The monoisotopic (exact) mass is 393 g/mol. The second kappa shape index (κ2) is 6.86. The molecule has 1 aromatic carbocycles. The summed E-state index contributed by atoms with van der Waals surface area (Å²) in [6, 6.07) is 11.6. The third-order valence-electron chi connectivity index (χ3n) is 10.2. The lowest BCUT2D eigenvalue weighted by molar-refractivity contribution is -0.164. The molecule has 1 amide bonds. The Hall–Kier alpha value is -1.31. The summed E-state index contributed by atoms with van der Waals surface area (Å²) >= 11 is 0. The van der Waals surface area contributed by atoms with Crippen LogP contribution in [0.1, 0.15) is 71.3 Å². The van der Waals surface area contributed by atoms with Crippen LogP contribution in [0.2, 0.25) is 0 Å². The first-order valence-electron chi connectivity index (χ1n) is 12.1. The van der Waals surface area contributed by atoms with Crippen molar-refractivity contribution >= 4 is 5.91 Å². The van der Waals surface area contributed by atoms with E-state index in [2.05, 4.69) is 63.1 Å². The molecular weight excluding hydrogens is 354 g/mol. The van der Waals surface area contributed by atoms with Crippen LogP contribution in [0, 0.1) is 40.4 Å². The molecule has 0 N–H and O–H groups in total. The summed E-state index contributed by atoms with van der Waals surface area (Å²) in [7, 11) is 2.08. The summed E-state index contributed by atoms with van der Waals surface area (Å²) in [5, 5.41) is 0. The van der Waals surface area contributed by atoms with Crippen LogP contribution in [0.25, 0.3) is 0 Å². The lowest BCUT2D eigenvalue weighted by atomic mass is 9.45. The highest BCUT2D eigenvalue weighted by Crippen LogP contribution is 2.66. The number of hydrogen-bond acceptors (Lipinski definition) is 1. The molecule has 8 atom stereocenters. The van der Waals surface area contributed by atoms with E-state index in [1.807, 2.05) is 0 Å². The smallest absolute Gasteiger partial charge is 0.222 e. The van der Waals surface area contributed by atoms with Gasteiger partial charge in [-0.05, 0) is 90.9 Å². The van der Waals surface area contributed by atoms with Crippen molar-refractivity contribution < 1.29 is 4.79 Å². The molecule has 29 heavy (non-hydrogen) atoms. The second-order valence-electron chi connectivity index (χ2n) is 11.7. The van der Waals surface area contributed by atoms with Gasteiger partial charge < -0.3 is 4.90 Å². The van der Waals surface area contributed by atoms with Gasteiger partial charge in [-0.1, -0.05) is 51.1 Å². The van der Waals surface area contributed by atoms with E-state index in [-0.39, 0.29) is 0 Å². The van der Waals surface area contributed by atoms with Gasteiger partial charge >= 0.3 is 0 Å². The van der Waals surface area contributed by atoms with Crippen LogP contribution in [0.15, 0.2) is 30.3 Å². The fourth-order valence-corrected chi connectivity index (χ4v) is 8.78. The zero-order valence-corrected chi connectivity index (χ0v) is 18.9. The predicted molar refractivity (Wildman–Crippen MR) is 118 cm³/mol. The van der Waals surface area contributed by atoms with E-state index in [1.165, 1.54) is 44.1 Å². The Labute approximate surface area is 177 Å². The van der Waals surface area contributed by atoms with Crippen molar-refractivity contribution in [2.45, 2.75) is 78.2 Å². The Morgan fingerprint density at radius 1 is 1.07 bits per heavy atom. The number of nitrogens with zero attached hydrogens (tertiary/aromatic N) is 1. The van der Waals surface area contributed by atoms with E-state index >= 15 is 0 Å². The van der Waals surface area contributed by atoms with Crippen LogP contribution in [0.5, 0.6) is 0 Å². The number of rotatable bonds is 2. The van der Waals surface area contributed by atoms with Crippen molar-refractivity contribution in [3.05, 3.63) is 35.9 Å².